The van der Waals surface area contributed by atoms with Crippen LogP contribution in [0.25, 0.3) is 32.9 Å². The van der Waals surface area contributed by atoms with Crippen LogP contribution in [0.2, 0.25) is 0 Å². The molecule has 1 aromatic heterocycles. The average Bonchev–Trinajstić information content (AvgIpc) is 3.01. The third kappa shape index (κ3) is 2.00. The Labute approximate surface area is 127 Å². The van der Waals surface area contributed by atoms with Gasteiger partial charge in [0.1, 0.15) is 11.0 Å². The van der Waals surface area contributed by atoms with Gasteiger partial charge in [0.2, 0.25) is 0 Å². The highest BCUT2D eigenvalue weighted by atomic mass is 16.6. The highest BCUT2D eigenvalue weighted by Gasteiger charge is 2.07. The van der Waals surface area contributed by atoms with Gasteiger partial charge in [0, 0.05) is 25.2 Å². The third-order valence-corrected chi connectivity index (χ3v) is 3.82. The van der Waals surface area contributed by atoms with Crippen molar-refractivity contribution in [1.82, 2.24) is 10.3 Å². The monoisotopic (exact) mass is 288 g/mol. The highest BCUT2D eigenvalue weighted by molar-refractivity contribution is 5.96. The zero-order chi connectivity index (χ0) is 15.1. The summed E-state index contributed by atoms with van der Waals surface area (Å²) in [5.74, 6) is 0. The molecule has 1 heterocycles. The number of benzene rings is 3. The lowest BCUT2D eigenvalue weighted by atomic mass is 10.00. The summed E-state index contributed by atoms with van der Waals surface area (Å²) < 4.78 is 4.75. The van der Waals surface area contributed by atoms with E-state index in [2.05, 4.69) is 51.6 Å². The zero-order valence-electron chi connectivity index (χ0n) is 12.4. The molecule has 22 heavy (non-hydrogen) atoms. The van der Waals surface area contributed by atoms with Crippen molar-refractivity contribution in [2.45, 2.75) is 0 Å². The molecule has 0 aliphatic rings. The van der Waals surface area contributed by atoms with Crippen LogP contribution in [0, 0.1) is 6.07 Å². The molecule has 107 valence electrons. The maximum atomic E-state index is 4.75. The third-order valence-electron chi connectivity index (χ3n) is 3.82. The molecule has 0 saturated heterocycles. The summed E-state index contributed by atoms with van der Waals surface area (Å²) in [6.07, 6.45) is 0. The summed E-state index contributed by atoms with van der Waals surface area (Å²) in [7, 11) is 4.10. The Bertz CT molecular complexity index is 972. The Morgan fingerprint density at radius 1 is 0.955 bits per heavy atom. The molecule has 4 rings (SSSR count). The molecule has 1 radical (unpaired) electrons. The molecule has 0 atom stereocenters. The second kappa shape index (κ2) is 4.84. The standard InChI is InChI=1S/C18H14N3O/c1-21(2)18-5-3-4-14-10-12(6-8-15(14)18)13-7-9-16-17(11-13)20-22-19-16/h3-9,11H,1-2H3. The van der Waals surface area contributed by atoms with E-state index in [1.165, 1.54) is 11.1 Å². The molecule has 3 aromatic carbocycles. The van der Waals surface area contributed by atoms with Gasteiger partial charge >= 0.3 is 0 Å². The van der Waals surface area contributed by atoms with Gasteiger partial charge in [-0.1, -0.05) is 30.3 Å². The van der Waals surface area contributed by atoms with E-state index in [9.17, 15) is 0 Å². The molecule has 4 aromatic rings. The minimum atomic E-state index is 0.757. The molecule has 0 unspecified atom stereocenters. The number of hydrogen-bond acceptors (Lipinski definition) is 4. The number of rotatable bonds is 2. The summed E-state index contributed by atoms with van der Waals surface area (Å²) in [4.78, 5) is 2.11. The van der Waals surface area contributed by atoms with E-state index in [-0.39, 0.29) is 0 Å². The first-order valence-corrected chi connectivity index (χ1v) is 7.07. The van der Waals surface area contributed by atoms with Crippen molar-refractivity contribution in [1.29, 1.82) is 0 Å². The Balaban J connectivity index is 1.88. The van der Waals surface area contributed by atoms with Gasteiger partial charge in [-0.15, -0.1) is 0 Å². The van der Waals surface area contributed by atoms with E-state index >= 15 is 0 Å². The first kappa shape index (κ1) is 12.8. The first-order chi connectivity index (χ1) is 10.7. The fourth-order valence-electron chi connectivity index (χ4n) is 2.70. The van der Waals surface area contributed by atoms with Gasteiger partial charge in [-0.25, -0.2) is 4.63 Å². The van der Waals surface area contributed by atoms with E-state index in [0.717, 1.165) is 27.5 Å². The van der Waals surface area contributed by atoms with Gasteiger partial charge < -0.3 is 4.90 Å². The van der Waals surface area contributed by atoms with Crippen molar-refractivity contribution >= 4 is 27.5 Å². The summed E-state index contributed by atoms with van der Waals surface area (Å²) >= 11 is 0. The molecular weight excluding hydrogens is 274 g/mol. The lowest BCUT2D eigenvalue weighted by molar-refractivity contribution is 0.315. The summed E-state index contributed by atoms with van der Waals surface area (Å²) in [5, 5.41) is 10.0. The fourth-order valence-corrected chi connectivity index (χ4v) is 2.70. The van der Waals surface area contributed by atoms with Crippen molar-refractivity contribution in [2.75, 3.05) is 19.0 Å². The quantitative estimate of drug-likeness (QED) is 0.561. The maximum absolute atomic E-state index is 4.75. The predicted molar refractivity (Wildman–Crippen MR) is 87.9 cm³/mol. The summed E-state index contributed by atoms with van der Waals surface area (Å²) in [5.41, 5.74) is 4.80. The number of anilines is 1. The zero-order valence-corrected chi connectivity index (χ0v) is 12.4. The molecule has 4 heteroatoms. The Morgan fingerprint density at radius 3 is 2.68 bits per heavy atom. The molecule has 0 N–H and O–H groups in total. The van der Waals surface area contributed by atoms with Crippen molar-refractivity contribution in [2.24, 2.45) is 0 Å². The van der Waals surface area contributed by atoms with E-state index in [4.69, 9.17) is 4.63 Å². The van der Waals surface area contributed by atoms with Crippen molar-refractivity contribution in [3.63, 3.8) is 0 Å². The van der Waals surface area contributed by atoms with Crippen LogP contribution in [0.15, 0.2) is 53.2 Å². The van der Waals surface area contributed by atoms with Crippen molar-refractivity contribution < 1.29 is 4.63 Å². The molecule has 0 bridgehead atoms. The van der Waals surface area contributed by atoms with Gasteiger partial charge in [-0.3, -0.25) is 0 Å². The van der Waals surface area contributed by atoms with E-state index in [1.807, 2.05) is 32.3 Å². The fraction of sp³-hybridized carbons (Fsp3) is 0.111. The maximum Gasteiger partial charge on any atom is 0.135 e. The van der Waals surface area contributed by atoms with E-state index in [1.54, 1.807) is 0 Å². The molecular formula is C18H14N3O. The second-order valence-corrected chi connectivity index (χ2v) is 5.47. The number of fused-ring (bicyclic) bond motifs is 2. The van der Waals surface area contributed by atoms with Gasteiger partial charge in [0.25, 0.3) is 0 Å². The summed E-state index contributed by atoms with van der Waals surface area (Å²) in [6, 6.07) is 19.9. The van der Waals surface area contributed by atoms with Crippen LogP contribution >= 0.6 is 0 Å². The lowest BCUT2D eigenvalue weighted by Crippen LogP contribution is -2.08. The first-order valence-electron chi connectivity index (χ1n) is 7.07. The van der Waals surface area contributed by atoms with Crippen LogP contribution in [0.3, 0.4) is 0 Å². The minimum absolute atomic E-state index is 0.757. The van der Waals surface area contributed by atoms with Gasteiger partial charge in [0.15, 0.2) is 0 Å². The largest absolute Gasteiger partial charge is 0.377 e. The molecule has 0 fully saturated rings. The Kier molecular flexibility index (Phi) is 2.82. The topological polar surface area (TPSA) is 42.2 Å². The Hall–Kier alpha value is -2.88. The number of hydrogen-bond donors (Lipinski definition) is 0. The average molecular weight is 288 g/mol. The number of aromatic nitrogens is 2. The van der Waals surface area contributed by atoms with E-state index in [0.29, 0.717) is 0 Å². The smallest absolute Gasteiger partial charge is 0.135 e. The summed E-state index contributed by atoms with van der Waals surface area (Å²) in [6.45, 7) is 0. The van der Waals surface area contributed by atoms with Crippen LogP contribution in [0.5, 0.6) is 0 Å². The molecule has 4 nitrogen and oxygen atoms in total. The molecule has 0 spiro atoms. The Morgan fingerprint density at radius 2 is 1.82 bits per heavy atom. The van der Waals surface area contributed by atoms with Crippen LogP contribution in [-0.2, 0) is 0 Å². The van der Waals surface area contributed by atoms with Gasteiger partial charge in [0.05, 0.1) is 0 Å². The predicted octanol–water partition coefficient (Wildman–Crippen LogP) is 3.91. The van der Waals surface area contributed by atoms with Crippen LogP contribution in [0.4, 0.5) is 5.69 Å². The van der Waals surface area contributed by atoms with Crippen LogP contribution in [0.1, 0.15) is 0 Å². The molecule has 0 saturated carbocycles. The minimum Gasteiger partial charge on any atom is -0.377 e. The normalized spacial score (nSPS) is 11.2. The van der Waals surface area contributed by atoms with Crippen LogP contribution < -0.4 is 4.90 Å². The van der Waals surface area contributed by atoms with Crippen molar-refractivity contribution in [3.05, 3.63) is 54.6 Å². The molecule has 0 amide bonds. The number of nitrogens with zero attached hydrogens (tertiary/aromatic N) is 3. The van der Waals surface area contributed by atoms with Gasteiger partial charge in [-0.2, -0.15) is 0 Å². The lowest BCUT2D eigenvalue weighted by Gasteiger charge is -2.15. The molecule has 0 aliphatic heterocycles. The second-order valence-electron chi connectivity index (χ2n) is 5.47. The van der Waals surface area contributed by atoms with Gasteiger partial charge in [-0.05, 0) is 51.1 Å². The van der Waals surface area contributed by atoms with E-state index < -0.39 is 0 Å². The van der Waals surface area contributed by atoms with Crippen LogP contribution in [-0.4, -0.2) is 24.4 Å². The molecule has 0 aliphatic carbocycles. The SMILES string of the molecule is CN(C)c1cccc2[c]c(-c3ccc4nonc4c3)ccc12. The van der Waals surface area contributed by atoms with Crippen molar-refractivity contribution in [3.8, 4) is 11.1 Å². The highest BCUT2D eigenvalue weighted by Crippen LogP contribution is 2.30.